The number of carbonyl (C=O) groups is 4. The van der Waals surface area contributed by atoms with E-state index in [4.69, 9.17) is 23.7 Å². The Morgan fingerprint density at radius 1 is 0.644 bits per heavy atom. The van der Waals surface area contributed by atoms with Crippen LogP contribution in [-0.2, 0) is 46.4 Å². The Bertz CT molecular complexity index is 1200. The SMILES string of the molecule is COC(=O)c1cccc(CN(CCOCCN(CC(=O)OC(C)(C)C)CC(=O)OC(C)(C)C)Cc2cccc(C(=O)OC)n2)n1. The van der Waals surface area contributed by atoms with Gasteiger partial charge in [-0.25, -0.2) is 19.6 Å². The van der Waals surface area contributed by atoms with Crippen molar-refractivity contribution in [3.63, 3.8) is 0 Å². The molecule has 45 heavy (non-hydrogen) atoms. The van der Waals surface area contributed by atoms with Crippen LogP contribution in [0.25, 0.3) is 0 Å². The van der Waals surface area contributed by atoms with Crippen molar-refractivity contribution in [2.24, 2.45) is 0 Å². The summed E-state index contributed by atoms with van der Waals surface area (Å²) in [7, 11) is 2.59. The zero-order chi connectivity index (χ0) is 33.6. The van der Waals surface area contributed by atoms with Crippen LogP contribution in [0.5, 0.6) is 0 Å². The molecular weight excluding hydrogens is 584 g/mol. The lowest BCUT2D eigenvalue weighted by Crippen LogP contribution is -2.41. The molecule has 0 N–H and O–H groups in total. The number of carbonyl (C=O) groups excluding carboxylic acids is 4. The summed E-state index contributed by atoms with van der Waals surface area (Å²) in [4.78, 5) is 61.5. The van der Waals surface area contributed by atoms with Gasteiger partial charge in [-0.3, -0.25) is 19.4 Å². The first kappa shape index (κ1) is 37.2. The van der Waals surface area contributed by atoms with Crippen molar-refractivity contribution in [1.82, 2.24) is 19.8 Å². The molecule has 0 saturated heterocycles. The van der Waals surface area contributed by atoms with E-state index >= 15 is 0 Å². The minimum atomic E-state index is -0.662. The normalized spacial score (nSPS) is 11.8. The van der Waals surface area contributed by atoms with Crippen LogP contribution in [0.15, 0.2) is 36.4 Å². The molecule has 0 atom stereocenters. The summed E-state index contributed by atoms with van der Waals surface area (Å²) in [5, 5.41) is 0. The first-order valence-electron chi connectivity index (χ1n) is 14.6. The molecule has 0 aliphatic carbocycles. The fourth-order valence-corrected chi connectivity index (χ4v) is 4.06. The molecule has 2 heterocycles. The van der Waals surface area contributed by atoms with E-state index in [0.29, 0.717) is 37.6 Å². The van der Waals surface area contributed by atoms with Crippen molar-refractivity contribution < 1.29 is 42.9 Å². The average molecular weight is 631 g/mol. The van der Waals surface area contributed by atoms with Crippen molar-refractivity contribution in [3.8, 4) is 0 Å². The number of pyridine rings is 2. The number of methoxy groups -OCH3 is 2. The molecule has 0 bridgehead atoms. The molecule has 0 spiro atoms. The van der Waals surface area contributed by atoms with Crippen LogP contribution >= 0.6 is 0 Å². The van der Waals surface area contributed by atoms with Gasteiger partial charge >= 0.3 is 23.9 Å². The lowest BCUT2D eigenvalue weighted by Gasteiger charge is -2.26. The third kappa shape index (κ3) is 15.1. The molecule has 0 aromatic carbocycles. The van der Waals surface area contributed by atoms with Crippen LogP contribution in [-0.4, -0.2) is 108 Å². The van der Waals surface area contributed by atoms with Crippen LogP contribution in [0.1, 0.15) is 73.9 Å². The second kappa shape index (κ2) is 17.5. The van der Waals surface area contributed by atoms with E-state index in [9.17, 15) is 19.2 Å². The predicted octanol–water partition coefficient (Wildman–Crippen LogP) is 3.05. The standard InChI is InChI=1S/C32H46N4O9/c1-31(2,3)44-27(37)21-36(22-28(38)45-32(4,5)6)16-18-43-17-15-35(19-23-11-9-13-25(33-23)29(39)41-7)20-24-12-10-14-26(34-24)30(40)42-8/h9-14H,15-22H2,1-8H3. The summed E-state index contributed by atoms with van der Waals surface area (Å²) in [6.45, 7) is 12.4. The van der Waals surface area contributed by atoms with Crippen molar-refractivity contribution in [2.75, 3.05) is 53.6 Å². The van der Waals surface area contributed by atoms with Crippen LogP contribution in [0.4, 0.5) is 0 Å². The maximum Gasteiger partial charge on any atom is 0.356 e. The van der Waals surface area contributed by atoms with Gasteiger partial charge in [0.15, 0.2) is 0 Å². The highest BCUT2D eigenvalue weighted by Gasteiger charge is 2.23. The molecule has 0 aliphatic rings. The first-order chi connectivity index (χ1) is 21.1. The van der Waals surface area contributed by atoms with E-state index in [-0.39, 0.29) is 37.6 Å². The second-order valence-corrected chi connectivity index (χ2v) is 12.2. The van der Waals surface area contributed by atoms with Crippen LogP contribution in [0, 0.1) is 0 Å². The Morgan fingerprint density at radius 3 is 1.42 bits per heavy atom. The maximum absolute atomic E-state index is 12.5. The van der Waals surface area contributed by atoms with E-state index in [1.165, 1.54) is 14.2 Å². The minimum Gasteiger partial charge on any atom is -0.464 e. The summed E-state index contributed by atoms with van der Waals surface area (Å²) in [6, 6.07) is 10.2. The maximum atomic E-state index is 12.5. The molecule has 13 nitrogen and oxygen atoms in total. The number of nitrogens with zero attached hydrogens (tertiary/aromatic N) is 4. The van der Waals surface area contributed by atoms with Crippen LogP contribution < -0.4 is 0 Å². The van der Waals surface area contributed by atoms with E-state index in [2.05, 4.69) is 9.97 Å². The van der Waals surface area contributed by atoms with Crippen LogP contribution in [0.2, 0.25) is 0 Å². The Labute approximate surface area is 265 Å². The van der Waals surface area contributed by atoms with Gasteiger partial charge in [-0.05, 0) is 65.8 Å². The highest BCUT2D eigenvalue weighted by Crippen LogP contribution is 2.12. The van der Waals surface area contributed by atoms with Crippen molar-refractivity contribution >= 4 is 23.9 Å². The molecule has 0 radical (unpaired) electrons. The Kier molecular flexibility index (Phi) is 14.5. The molecule has 2 aromatic heterocycles. The van der Waals surface area contributed by atoms with Crippen molar-refractivity contribution in [2.45, 2.75) is 65.8 Å². The van der Waals surface area contributed by atoms with Gasteiger partial charge in [0.25, 0.3) is 0 Å². The number of hydrogen-bond donors (Lipinski definition) is 0. The second-order valence-electron chi connectivity index (χ2n) is 12.2. The summed E-state index contributed by atoms with van der Waals surface area (Å²) in [5.41, 5.74) is 0.306. The number of rotatable bonds is 16. The van der Waals surface area contributed by atoms with Gasteiger partial charge in [0, 0.05) is 26.2 Å². The summed E-state index contributed by atoms with van der Waals surface area (Å²) in [6.07, 6.45) is 0. The van der Waals surface area contributed by atoms with E-state index in [0.717, 1.165) is 0 Å². The van der Waals surface area contributed by atoms with Gasteiger partial charge in [0.05, 0.1) is 51.9 Å². The molecule has 0 fully saturated rings. The predicted molar refractivity (Wildman–Crippen MR) is 164 cm³/mol. The number of aromatic nitrogens is 2. The summed E-state index contributed by atoms with van der Waals surface area (Å²) < 4.78 is 26.4. The molecule has 0 saturated carbocycles. The summed E-state index contributed by atoms with van der Waals surface area (Å²) in [5.74, 6) is -2.00. The Morgan fingerprint density at radius 2 is 1.04 bits per heavy atom. The molecule has 2 rings (SSSR count). The smallest absolute Gasteiger partial charge is 0.356 e. The molecule has 248 valence electrons. The van der Waals surface area contributed by atoms with Gasteiger partial charge in [-0.15, -0.1) is 0 Å². The zero-order valence-corrected chi connectivity index (χ0v) is 27.6. The largest absolute Gasteiger partial charge is 0.464 e. The van der Waals surface area contributed by atoms with Crippen molar-refractivity contribution in [1.29, 1.82) is 0 Å². The lowest BCUT2D eigenvalue weighted by atomic mass is 10.2. The van der Waals surface area contributed by atoms with Crippen LogP contribution in [0.3, 0.4) is 0 Å². The van der Waals surface area contributed by atoms with Crippen molar-refractivity contribution in [3.05, 3.63) is 59.2 Å². The summed E-state index contributed by atoms with van der Waals surface area (Å²) >= 11 is 0. The van der Waals surface area contributed by atoms with Gasteiger partial charge in [-0.2, -0.15) is 0 Å². The van der Waals surface area contributed by atoms with Gasteiger partial charge in [0.2, 0.25) is 0 Å². The molecule has 0 aliphatic heterocycles. The highest BCUT2D eigenvalue weighted by molar-refractivity contribution is 5.87. The number of ether oxygens (including phenoxy) is 5. The third-order valence-electron chi connectivity index (χ3n) is 5.82. The third-order valence-corrected chi connectivity index (χ3v) is 5.82. The molecular formula is C32H46N4O9. The van der Waals surface area contributed by atoms with Gasteiger partial charge < -0.3 is 23.7 Å². The molecule has 13 heteroatoms. The van der Waals surface area contributed by atoms with E-state index < -0.39 is 35.1 Å². The van der Waals surface area contributed by atoms with Gasteiger partial charge in [-0.1, -0.05) is 12.1 Å². The Hall–Kier alpha value is -3.94. The van der Waals surface area contributed by atoms with E-state index in [1.807, 2.05) is 4.90 Å². The number of hydrogen-bond acceptors (Lipinski definition) is 13. The fourth-order valence-electron chi connectivity index (χ4n) is 4.06. The monoisotopic (exact) mass is 630 g/mol. The highest BCUT2D eigenvalue weighted by atomic mass is 16.6. The average Bonchev–Trinajstić information content (AvgIpc) is 2.94. The molecule has 0 unspecified atom stereocenters. The molecule has 0 amide bonds. The fraction of sp³-hybridized carbons (Fsp3) is 0.562. The topological polar surface area (TPSA) is 147 Å². The van der Waals surface area contributed by atoms with Gasteiger partial charge in [0.1, 0.15) is 22.6 Å². The lowest BCUT2D eigenvalue weighted by molar-refractivity contribution is -0.160. The zero-order valence-electron chi connectivity index (χ0n) is 27.6. The number of esters is 4. The first-order valence-corrected chi connectivity index (χ1v) is 14.6. The quantitative estimate of drug-likeness (QED) is 0.152. The Balaban J connectivity index is 2.09. The molecule has 2 aromatic rings. The minimum absolute atomic E-state index is 0.101. The van der Waals surface area contributed by atoms with E-state index in [1.54, 1.807) is 82.8 Å².